The molecule has 0 radical (unpaired) electrons. The van der Waals surface area contributed by atoms with Crippen LogP contribution in [0.4, 0.5) is 5.69 Å². The van der Waals surface area contributed by atoms with E-state index in [0.717, 1.165) is 17.0 Å². The average Bonchev–Trinajstić information content (AvgIpc) is 2.78. The number of nitrogens with zero attached hydrogens (tertiary/aromatic N) is 2. The molecule has 0 aliphatic carbocycles. The van der Waals surface area contributed by atoms with Crippen molar-refractivity contribution in [3.05, 3.63) is 54.1 Å². The Hall–Kier alpha value is -2.45. The van der Waals surface area contributed by atoms with Crippen molar-refractivity contribution < 1.29 is 9.53 Å². The number of hydrogen-bond acceptors (Lipinski definition) is 4. The summed E-state index contributed by atoms with van der Waals surface area (Å²) in [4.78, 5) is 15.6. The smallest absolute Gasteiger partial charge is 0.264 e. The van der Waals surface area contributed by atoms with Crippen LogP contribution in [0.25, 0.3) is 0 Å². The van der Waals surface area contributed by atoms with Gasteiger partial charge in [-0.3, -0.25) is 4.79 Å². The Kier molecular flexibility index (Phi) is 5.07. The van der Waals surface area contributed by atoms with Crippen molar-refractivity contribution in [2.45, 2.75) is 23.5 Å². The molecule has 1 aliphatic heterocycles. The number of hydrogen-bond donors (Lipinski definition) is 0. The van der Waals surface area contributed by atoms with Crippen molar-refractivity contribution >= 4 is 23.4 Å². The van der Waals surface area contributed by atoms with Gasteiger partial charge in [-0.25, -0.2) is 0 Å². The maximum atomic E-state index is 12.7. The fourth-order valence-corrected chi connectivity index (χ4v) is 3.76. The lowest BCUT2D eigenvalue weighted by molar-refractivity contribution is -0.120. The van der Waals surface area contributed by atoms with Crippen molar-refractivity contribution in [2.24, 2.45) is 0 Å². The van der Waals surface area contributed by atoms with Gasteiger partial charge in [0.25, 0.3) is 5.91 Å². The quantitative estimate of drug-likeness (QED) is 0.853. The number of nitriles is 1. The van der Waals surface area contributed by atoms with Crippen LogP contribution in [0, 0.1) is 11.3 Å². The summed E-state index contributed by atoms with van der Waals surface area (Å²) in [5.74, 6) is 0.351. The number of carbonyl (C=O) groups is 1. The van der Waals surface area contributed by atoms with Crippen molar-refractivity contribution in [1.82, 2.24) is 0 Å². The Balaban J connectivity index is 1.77. The van der Waals surface area contributed by atoms with Gasteiger partial charge in [0.05, 0.1) is 11.3 Å². The number of thioether (sulfide) groups is 1. The summed E-state index contributed by atoms with van der Waals surface area (Å²) in [6.45, 7) is 2.77. The molecule has 1 aliphatic rings. The lowest BCUT2D eigenvalue weighted by Gasteiger charge is -2.22. The van der Waals surface area contributed by atoms with Gasteiger partial charge in [-0.05, 0) is 30.7 Å². The number of carbonyl (C=O) groups excluding carboxylic acids is 1. The maximum absolute atomic E-state index is 12.7. The van der Waals surface area contributed by atoms with Crippen LogP contribution in [0.5, 0.6) is 5.75 Å². The monoisotopic (exact) mass is 338 g/mol. The van der Waals surface area contributed by atoms with Crippen LogP contribution in [-0.4, -0.2) is 24.3 Å². The Morgan fingerprint density at radius 3 is 2.88 bits per heavy atom. The van der Waals surface area contributed by atoms with Crippen molar-refractivity contribution in [1.29, 1.82) is 5.26 Å². The lowest BCUT2D eigenvalue weighted by atomic mass is 10.2. The molecule has 0 fully saturated rings. The van der Waals surface area contributed by atoms with E-state index in [4.69, 9.17) is 10.00 Å². The van der Waals surface area contributed by atoms with Gasteiger partial charge in [-0.15, -0.1) is 11.8 Å². The summed E-state index contributed by atoms with van der Waals surface area (Å²) in [5, 5.41) is 9.56. The molecule has 0 saturated carbocycles. The Bertz CT molecular complexity index is 785. The van der Waals surface area contributed by atoms with Gasteiger partial charge in [0, 0.05) is 16.7 Å². The molecule has 3 rings (SSSR count). The predicted octanol–water partition coefficient (Wildman–Crippen LogP) is 3.85. The third-order valence-electron chi connectivity index (χ3n) is 3.90. The molecule has 1 atom stereocenters. The number of para-hydroxylation sites is 2. The number of rotatable bonds is 3. The van der Waals surface area contributed by atoms with Crippen molar-refractivity contribution in [2.75, 3.05) is 18.1 Å². The minimum Gasteiger partial charge on any atom is -0.482 e. The minimum absolute atomic E-state index is 0.0773. The third-order valence-corrected chi connectivity index (χ3v) is 5.14. The van der Waals surface area contributed by atoms with Crippen molar-refractivity contribution in [3.63, 3.8) is 0 Å². The molecule has 0 saturated heterocycles. The largest absolute Gasteiger partial charge is 0.482 e. The van der Waals surface area contributed by atoms with Crippen molar-refractivity contribution in [3.8, 4) is 11.8 Å². The zero-order valence-corrected chi connectivity index (χ0v) is 14.3. The first-order valence-electron chi connectivity index (χ1n) is 7.87. The SMILES string of the molecule is CC1CCN(C(=O)COc2ccccc2C#N)c2ccccc2S1. The minimum atomic E-state index is -0.0927. The topological polar surface area (TPSA) is 53.3 Å². The molecule has 1 heterocycles. The summed E-state index contributed by atoms with van der Waals surface area (Å²) in [6, 6.07) is 17.0. The highest BCUT2D eigenvalue weighted by Crippen LogP contribution is 2.37. The van der Waals surface area contributed by atoms with Gasteiger partial charge in [0.2, 0.25) is 0 Å². The molecule has 1 unspecified atom stereocenters. The highest BCUT2D eigenvalue weighted by molar-refractivity contribution is 8.00. The van der Waals surface area contributed by atoms with E-state index in [2.05, 4.69) is 13.0 Å². The molecule has 24 heavy (non-hydrogen) atoms. The Morgan fingerprint density at radius 2 is 2.04 bits per heavy atom. The van der Waals surface area contributed by atoms with E-state index in [0.29, 0.717) is 23.1 Å². The van der Waals surface area contributed by atoms with Gasteiger partial charge < -0.3 is 9.64 Å². The molecule has 5 heteroatoms. The molecule has 0 bridgehead atoms. The standard InChI is InChI=1S/C19H18N2O2S/c1-14-10-11-21(16-7-3-5-9-18(16)24-14)19(22)13-23-17-8-4-2-6-15(17)12-20/h2-9,14H,10-11,13H2,1H3. The molecular formula is C19H18N2O2S. The van der Waals surface area contributed by atoms with E-state index in [9.17, 15) is 4.79 Å². The van der Waals surface area contributed by atoms with E-state index in [-0.39, 0.29) is 12.5 Å². The summed E-state index contributed by atoms with van der Waals surface area (Å²) in [7, 11) is 0. The van der Waals surface area contributed by atoms with E-state index in [1.54, 1.807) is 40.9 Å². The zero-order valence-electron chi connectivity index (χ0n) is 13.4. The predicted molar refractivity (Wildman–Crippen MR) is 95.4 cm³/mol. The van der Waals surface area contributed by atoms with Crippen LogP contribution < -0.4 is 9.64 Å². The van der Waals surface area contributed by atoms with Crippen LogP contribution in [0.1, 0.15) is 18.9 Å². The number of fused-ring (bicyclic) bond motifs is 1. The van der Waals surface area contributed by atoms with Gasteiger partial charge in [0.15, 0.2) is 6.61 Å². The van der Waals surface area contributed by atoms with Crippen LogP contribution in [-0.2, 0) is 4.79 Å². The summed E-state index contributed by atoms with van der Waals surface area (Å²) in [5.41, 5.74) is 1.37. The second-order valence-electron chi connectivity index (χ2n) is 5.63. The fraction of sp³-hybridized carbons (Fsp3) is 0.263. The highest BCUT2D eigenvalue weighted by atomic mass is 32.2. The van der Waals surface area contributed by atoms with E-state index >= 15 is 0 Å². The first kappa shape index (κ1) is 16.4. The molecule has 4 nitrogen and oxygen atoms in total. The molecular weight excluding hydrogens is 320 g/mol. The van der Waals surface area contributed by atoms with Gasteiger partial charge in [-0.2, -0.15) is 5.26 Å². The van der Waals surface area contributed by atoms with Crippen LogP contribution in [0.3, 0.4) is 0 Å². The third kappa shape index (κ3) is 3.55. The zero-order chi connectivity index (χ0) is 16.9. The Labute approximate surface area is 146 Å². The number of amides is 1. The number of benzene rings is 2. The number of ether oxygens (including phenoxy) is 1. The normalized spacial score (nSPS) is 16.7. The Morgan fingerprint density at radius 1 is 1.29 bits per heavy atom. The van der Waals surface area contributed by atoms with Gasteiger partial charge in [-0.1, -0.05) is 31.2 Å². The summed E-state index contributed by atoms with van der Waals surface area (Å²) < 4.78 is 5.61. The average molecular weight is 338 g/mol. The van der Waals surface area contributed by atoms with E-state index < -0.39 is 0 Å². The lowest BCUT2D eigenvalue weighted by Crippen LogP contribution is -2.36. The van der Waals surface area contributed by atoms with E-state index in [1.165, 1.54) is 0 Å². The molecule has 0 aromatic heterocycles. The fourth-order valence-electron chi connectivity index (χ4n) is 2.65. The molecule has 2 aromatic carbocycles. The summed E-state index contributed by atoms with van der Waals surface area (Å²) in [6.07, 6.45) is 0.930. The molecule has 0 spiro atoms. The molecule has 122 valence electrons. The molecule has 1 amide bonds. The van der Waals surface area contributed by atoms with E-state index in [1.807, 2.05) is 24.3 Å². The second kappa shape index (κ2) is 7.41. The van der Waals surface area contributed by atoms with Crippen LogP contribution in [0.2, 0.25) is 0 Å². The summed E-state index contributed by atoms with van der Waals surface area (Å²) >= 11 is 1.80. The first-order chi connectivity index (χ1) is 11.7. The van der Waals surface area contributed by atoms with Gasteiger partial charge >= 0.3 is 0 Å². The molecule has 0 N–H and O–H groups in total. The van der Waals surface area contributed by atoms with Gasteiger partial charge in [0.1, 0.15) is 11.8 Å². The number of anilines is 1. The first-order valence-corrected chi connectivity index (χ1v) is 8.75. The molecule has 2 aromatic rings. The maximum Gasteiger partial charge on any atom is 0.264 e. The highest BCUT2D eigenvalue weighted by Gasteiger charge is 2.24. The van der Waals surface area contributed by atoms with Crippen LogP contribution >= 0.6 is 11.8 Å². The van der Waals surface area contributed by atoms with Crippen LogP contribution in [0.15, 0.2) is 53.4 Å². The second-order valence-corrected chi connectivity index (χ2v) is 7.11.